The van der Waals surface area contributed by atoms with Gasteiger partial charge in [0.25, 0.3) is 0 Å². The molecular weight excluding hydrogens is 334 g/mol. The van der Waals surface area contributed by atoms with Gasteiger partial charge in [0.2, 0.25) is 12.3 Å². The molecule has 0 bridgehead atoms. The first-order valence-electron chi connectivity index (χ1n) is 6.27. The summed E-state index contributed by atoms with van der Waals surface area (Å²) in [5, 5.41) is 0. The Morgan fingerprint density at radius 3 is 2.33 bits per heavy atom. The van der Waals surface area contributed by atoms with Crippen LogP contribution in [0.5, 0.6) is 5.75 Å². The average molecular weight is 350 g/mol. The van der Waals surface area contributed by atoms with E-state index in [0.29, 0.717) is 16.9 Å². The molecule has 0 N–H and O–H groups in total. The zero-order valence-electron chi connectivity index (χ0n) is 11.9. The van der Waals surface area contributed by atoms with E-state index in [0.717, 1.165) is 0 Å². The van der Waals surface area contributed by atoms with Crippen LogP contribution in [0.1, 0.15) is 27.6 Å². The standard InChI is InChI=1S/C16H16NO3.BrH/c1-12(18)13-6-8-17(9-7-13)11-16(19)14-4-3-5-15(10-14)20-2;/h3-10H,11H2,1-2H3;1H/q+1;/p-1. The molecular formula is C16H16BrNO3. The second-order valence-electron chi connectivity index (χ2n) is 4.47. The highest BCUT2D eigenvalue weighted by atomic mass is 79.9. The Bertz CT molecular complexity index is 638. The van der Waals surface area contributed by atoms with Crippen molar-refractivity contribution < 1.29 is 35.9 Å². The van der Waals surface area contributed by atoms with E-state index in [1.165, 1.54) is 6.92 Å². The maximum absolute atomic E-state index is 12.2. The summed E-state index contributed by atoms with van der Waals surface area (Å²) >= 11 is 0. The van der Waals surface area contributed by atoms with Gasteiger partial charge in [0.1, 0.15) is 5.75 Å². The average Bonchev–Trinajstić information content (AvgIpc) is 2.47. The summed E-state index contributed by atoms with van der Waals surface area (Å²) in [6.07, 6.45) is 3.46. The van der Waals surface area contributed by atoms with Gasteiger partial charge < -0.3 is 21.7 Å². The molecule has 0 amide bonds. The van der Waals surface area contributed by atoms with Gasteiger partial charge in [-0.15, -0.1) is 0 Å². The summed E-state index contributed by atoms with van der Waals surface area (Å²) in [5.74, 6) is 0.661. The number of hydrogen-bond acceptors (Lipinski definition) is 3. The monoisotopic (exact) mass is 349 g/mol. The molecule has 0 atom stereocenters. The van der Waals surface area contributed by atoms with Crippen molar-refractivity contribution in [2.24, 2.45) is 0 Å². The number of hydrogen-bond donors (Lipinski definition) is 0. The SMILES string of the molecule is COc1cccc(C(=O)C[n+]2ccc(C(C)=O)cc2)c1.[Br-]. The fourth-order valence-electron chi connectivity index (χ4n) is 1.85. The van der Waals surface area contributed by atoms with Crippen LogP contribution in [0, 0.1) is 0 Å². The van der Waals surface area contributed by atoms with E-state index in [1.54, 1.807) is 60.5 Å². The molecule has 1 heterocycles. The third-order valence-corrected chi connectivity index (χ3v) is 3.02. The molecule has 5 heteroatoms. The van der Waals surface area contributed by atoms with E-state index in [4.69, 9.17) is 4.74 Å². The number of methoxy groups -OCH3 is 1. The van der Waals surface area contributed by atoms with Gasteiger partial charge >= 0.3 is 0 Å². The van der Waals surface area contributed by atoms with Gasteiger partial charge in [-0.3, -0.25) is 9.59 Å². The number of nitrogens with zero attached hydrogens (tertiary/aromatic N) is 1. The fraction of sp³-hybridized carbons (Fsp3) is 0.188. The number of benzene rings is 1. The lowest BCUT2D eigenvalue weighted by Crippen LogP contribution is -3.00. The van der Waals surface area contributed by atoms with Crippen molar-refractivity contribution in [1.82, 2.24) is 0 Å². The summed E-state index contributed by atoms with van der Waals surface area (Å²) < 4.78 is 6.85. The second kappa shape index (κ2) is 7.69. The van der Waals surface area contributed by atoms with Crippen molar-refractivity contribution >= 4 is 11.6 Å². The molecule has 0 aliphatic rings. The molecule has 0 radical (unpaired) electrons. The number of carbonyl (C=O) groups is 2. The van der Waals surface area contributed by atoms with Crippen LogP contribution in [0.15, 0.2) is 48.8 Å². The number of carbonyl (C=O) groups excluding carboxylic acids is 2. The van der Waals surface area contributed by atoms with E-state index in [1.807, 2.05) is 0 Å². The smallest absolute Gasteiger partial charge is 0.227 e. The normalized spacial score (nSPS) is 9.62. The molecule has 0 unspecified atom stereocenters. The predicted molar refractivity (Wildman–Crippen MR) is 74.0 cm³/mol. The lowest BCUT2D eigenvalue weighted by atomic mass is 10.1. The van der Waals surface area contributed by atoms with E-state index >= 15 is 0 Å². The molecule has 0 aliphatic carbocycles. The van der Waals surface area contributed by atoms with Crippen molar-refractivity contribution in [3.63, 3.8) is 0 Å². The van der Waals surface area contributed by atoms with E-state index in [2.05, 4.69) is 0 Å². The summed E-state index contributed by atoms with van der Waals surface area (Å²) in [6, 6.07) is 10.5. The van der Waals surface area contributed by atoms with Crippen LogP contribution in [0.4, 0.5) is 0 Å². The highest BCUT2D eigenvalue weighted by Crippen LogP contribution is 2.12. The Labute approximate surface area is 134 Å². The number of aromatic nitrogens is 1. The highest BCUT2D eigenvalue weighted by Gasteiger charge is 2.13. The zero-order valence-corrected chi connectivity index (χ0v) is 13.5. The molecule has 0 aliphatic heterocycles. The second-order valence-corrected chi connectivity index (χ2v) is 4.47. The van der Waals surface area contributed by atoms with Crippen molar-refractivity contribution in [1.29, 1.82) is 0 Å². The molecule has 1 aromatic carbocycles. The molecule has 21 heavy (non-hydrogen) atoms. The van der Waals surface area contributed by atoms with E-state index in [9.17, 15) is 9.59 Å². The van der Waals surface area contributed by atoms with Crippen LogP contribution in [0.2, 0.25) is 0 Å². The maximum Gasteiger partial charge on any atom is 0.227 e. The molecule has 1 aromatic heterocycles. The maximum atomic E-state index is 12.2. The van der Waals surface area contributed by atoms with E-state index in [-0.39, 0.29) is 35.1 Å². The third-order valence-electron chi connectivity index (χ3n) is 3.02. The lowest BCUT2D eigenvalue weighted by Gasteiger charge is -2.02. The summed E-state index contributed by atoms with van der Waals surface area (Å²) in [7, 11) is 1.57. The summed E-state index contributed by atoms with van der Waals surface area (Å²) in [5.41, 5.74) is 1.24. The fourth-order valence-corrected chi connectivity index (χ4v) is 1.85. The van der Waals surface area contributed by atoms with Gasteiger partial charge in [0, 0.05) is 23.3 Å². The van der Waals surface area contributed by atoms with Gasteiger partial charge in [0.05, 0.1) is 7.11 Å². The molecule has 0 fully saturated rings. The first kappa shape index (κ1) is 17.0. The van der Waals surface area contributed by atoms with Gasteiger partial charge in [0.15, 0.2) is 18.2 Å². The number of rotatable bonds is 5. The third kappa shape index (κ3) is 4.49. The first-order chi connectivity index (χ1) is 9.60. The molecule has 0 spiro atoms. The quantitative estimate of drug-likeness (QED) is 0.517. The van der Waals surface area contributed by atoms with Crippen LogP contribution in [-0.2, 0) is 6.54 Å². The van der Waals surface area contributed by atoms with Crippen molar-refractivity contribution in [3.8, 4) is 5.75 Å². The molecule has 0 saturated carbocycles. The molecule has 2 rings (SSSR count). The number of ketones is 2. The number of pyridine rings is 1. The molecule has 4 nitrogen and oxygen atoms in total. The van der Waals surface area contributed by atoms with Crippen molar-refractivity contribution in [2.75, 3.05) is 7.11 Å². The Morgan fingerprint density at radius 2 is 1.76 bits per heavy atom. The minimum absolute atomic E-state index is 0. The molecule has 2 aromatic rings. The van der Waals surface area contributed by atoms with E-state index < -0.39 is 0 Å². The molecule has 0 saturated heterocycles. The van der Waals surface area contributed by atoms with Gasteiger partial charge in [-0.05, 0) is 19.1 Å². The highest BCUT2D eigenvalue weighted by molar-refractivity contribution is 5.95. The summed E-state index contributed by atoms with van der Waals surface area (Å²) in [4.78, 5) is 23.3. The van der Waals surface area contributed by atoms with Gasteiger partial charge in [-0.1, -0.05) is 12.1 Å². The Morgan fingerprint density at radius 1 is 1.10 bits per heavy atom. The minimum Gasteiger partial charge on any atom is -1.00 e. The minimum atomic E-state index is -0.00975. The zero-order chi connectivity index (χ0) is 14.5. The Kier molecular flexibility index (Phi) is 6.24. The van der Waals surface area contributed by atoms with Crippen LogP contribution in [0.3, 0.4) is 0 Å². The topological polar surface area (TPSA) is 47.2 Å². The van der Waals surface area contributed by atoms with Gasteiger partial charge in [-0.2, -0.15) is 4.57 Å². The first-order valence-corrected chi connectivity index (χ1v) is 6.27. The number of halogens is 1. The lowest BCUT2D eigenvalue weighted by molar-refractivity contribution is -0.683. The summed E-state index contributed by atoms with van der Waals surface area (Å²) in [6.45, 7) is 1.74. The van der Waals surface area contributed by atoms with Crippen LogP contribution in [-0.4, -0.2) is 18.7 Å². The Hall–Kier alpha value is -2.01. The van der Waals surface area contributed by atoms with Crippen LogP contribution < -0.4 is 26.3 Å². The van der Waals surface area contributed by atoms with Crippen molar-refractivity contribution in [2.45, 2.75) is 13.5 Å². The number of ether oxygens (including phenoxy) is 1. The number of Topliss-reactive ketones (excluding diaryl/α,β-unsaturated/α-hetero) is 2. The predicted octanol–water partition coefficient (Wildman–Crippen LogP) is -0.928. The van der Waals surface area contributed by atoms with Crippen molar-refractivity contribution in [3.05, 3.63) is 59.9 Å². The van der Waals surface area contributed by atoms with Gasteiger partial charge in [-0.25, -0.2) is 0 Å². The largest absolute Gasteiger partial charge is 1.00 e. The van der Waals surface area contributed by atoms with Crippen LogP contribution >= 0.6 is 0 Å². The molecule has 110 valence electrons. The van der Waals surface area contributed by atoms with Crippen LogP contribution in [0.25, 0.3) is 0 Å². The Balaban J connectivity index is 0.00000220.